The molecule has 2 aromatic rings. The Balaban J connectivity index is 1.74. The molecule has 3 rings (SSSR count). The van der Waals surface area contributed by atoms with E-state index in [9.17, 15) is 9.18 Å². The molecule has 1 amide bonds. The first-order valence-electron chi connectivity index (χ1n) is 6.57. The number of hydrogen-bond donors (Lipinski definition) is 2. The van der Waals surface area contributed by atoms with Gasteiger partial charge in [0.1, 0.15) is 11.9 Å². The number of halogens is 1. The van der Waals surface area contributed by atoms with Crippen LogP contribution in [0.5, 0.6) is 0 Å². The maximum atomic E-state index is 13.3. The summed E-state index contributed by atoms with van der Waals surface area (Å²) in [7, 11) is 0. The highest BCUT2D eigenvalue weighted by molar-refractivity contribution is 5.81. The van der Waals surface area contributed by atoms with E-state index in [1.54, 1.807) is 6.07 Å². The van der Waals surface area contributed by atoms with Crippen LogP contribution in [0.15, 0.2) is 30.5 Å². The van der Waals surface area contributed by atoms with E-state index in [4.69, 9.17) is 10.6 Å². The highest BCUT2D eigenvalue weighted by Gasteiger charge is 2.30. The van der Waals surface area contributed by atoms with E-state index in [1.165, 1.54) is 12.1 Å². The van der Waals surface area contributed by atoms with E-state index >= 15 is 0 Å². The van der Waals surface area contributed by atoms with E-state index < -0.39 is 6.10 Å². The van der Waals surface area contributed by atoms with Crippen LogP contribution in [0.2, 0.25) is 0 Å². The van der Waals surface area contributed by atoms with E-state index in [-0.39, 0.29) is 17.8 Å². The fourth-order valence-electron chi connectivity index (χ4n) is 2.66. The lowest BCUT2D eigenvalue weighted by Gasteiger charge is -2.14. The van der Waals surface area contributed by atoms with Crippen molar-refractivity contribution in [1.29, 1.82) is 0 Å². The fourth-order valence-corrected chi connectivity index (χ4v) is 2.66. The van der Waals surface area contributed by atoms with Gasteiger partial charge in [-0.1, -0.05) is 0 Å². The third kappa shape index (κ3) is 2.39. The molecule has 1 aliphatic heterocycles. The summed E-state index contributed by atoms with van der Waals surface area (Å²) < 4.78 is 20.9. The zero-order valence-electron chi connectivity index (χ0n) is 10.9. The third-order valence-electron chi connectivity index (χ3n) is 3.68. The second-order valence-electron chi connectivity index (χ2n) is 5.00. The fraction of sp³-hybridized carbons (Fsp3) is 0.357. The van der Waals surface area contributed by atoms with Crippen LogP contribution in [0.1, 0.15) is 12.8 Å². The molecule has 2 heterocycles. The zero-order valence-corrected chi connectivity index (χ0v) is 10.9. The van der Waals surface area contributed by atoms with Crippen LogP contribution in [0.25, 0.3) is 10.9 Å². The van der Waals surface area contributed by atoms with Gasteiger partial charge in [-0.15, -0.1) is 0 Å². The molecule has 0 aliphatic carbocycles. The molecule has 0 saturated carbocycles. The van der Waals surface area contributed by atoms with Gasteiger partial charge >= 0.3 is 0 Å². The highest BCUT2D eigenvalue weighted by Crippen LogP contribution is 2.24. The largest absolute Gasteiger partial charge is 0.363 e. The molecule has 0 spiro atoms. The maximum Gasteiger partial charge on any atom is 0.263 e. The van der Waals surface area contributed by atoms with Gasteiger partial charge in [0, 0.05) is 12.7 Å². The first kappa shape index (κ1) is 13.1. The Morgan fingerprint density at radius 2 is 2.30 bits per heavy atom. The minimum Gasteiger partial charge on any atom is -0.363 e. The number of fused-ring (bicyclic) bond motifs is 1. The van der Waals surface area contributed by atoms with Crippen LogP contribution >= 0.6 is 0 Å². The average molecular weight is 277 g/mol. The maximum absolute atomic E-state index is 13.3. The zero-order chi connectivity index (χ0) is 14.1. The Hall–Kier alpha value is -1.92. The number of aromatic nitrogens is 1. The van der Waals surface area contributed by atoms with Crippen LogP contribution < -0.4 is 11.3 Å². The molecular formula is C14H16FN3O2. The first-order valence-corrected chi connectivity index (χ1v) is 6.57. The van der Waals surface area contributed by atoms with Gasteiger partial charge in [0.15, 0.2) is 0 Å². The molecule has 1 fully saturated rings. The number of hydrogen-bond acceptors (Lipinski definition) is 3. The van der Waals surface area contributed by atoms with Crippen molar-refractivity contribution in [3.8, 4) is 0 Å². The lowest BCUT2D eigenvalue weighted by Crippen LogP contribution is -2.39. The Kier molecular flexibility index (Phi) is 3.42. The Morgan fingerprint density at radius 3 is 3.10 bits per heavy atom. The number of ether oxygens (including phenoxy) is 1. The van der Waals surface area contributed by atoms with Gasteiger partial charge < -0.3 is 9.30 Å². The minimum absolute atomic E-state index is 0.0591. The molecule has 0 radical (unpaired) electrons. The van der Waals surface area contributed by atoms with Crippen molar-refractivity contribution in [3.63, 3.8) is 0 Å². The van der Waals surface area contributed by atoms with E-state index in [0.29, 0.717) is 13.0 Å². The lowest BCUT2D eigenvalue weighted by atomic mass is 10.2. The number of hydrazine groups is 1. The second kappa shape index (κ2) is 5.22. The number of benzene rings is 1. The summed E-state index contributed by atoms with van der Waals surface area (Å²) >= 11 is 0. The van der Waals surface area contributed by atoms with E-state index in [1.807, 2.05) is 16.8 Å². The molecule has 1 saturated heterocycles. The number of amides is 1. The Bertz CT molecular complexity index is 640. The molecule has 106 valence electrons. The van der Waals surface area contributed by atoms with Crippen molar-refractivity contribution in [3.05, 3.63) is 36.3 Å². The summed E-state index contributed by atoms with van der Waals surface area (Å²) in [6.45, 7) is 0.599. The smallest absolute Gasteiger partial charge is 0.263 e. The van der Waals surface area contributed by atoms with Crippen LogP contribution in [-0.4, -0.2) is 22.7 Å². The van der Waals surface area contributed by atoms with Crippen LogP contribution in [0.4, 0.5) is 4.39 Å². The van der Waals surface area contributed by atoms with Gasteiger partial charge in [-0.2, -0.15) is 0 Å². The van der Waals surface area contributed by atoms with Crippen molar-refractivity contribution in [1.82, 2.24) is 9.99 Å². The van der Waals surface area contributed by atoms with E-state index in [0.717, 1.165) is 17.3 Å². The summed E-state index contributed by atoms with van der Waals surface area (Å²) in [5, 5.41) is 0.987. The predicted octanol–water partition coefficient (Wildman–Crippen LogP) is 1.32. The summed E-state index contributed by atoms with van der Waals surface area (Å²) in [5.74, 6) is 4.54. The molecule has 0 bridgehead atoms. The number of carbonyl (C=O) groups is 1. The van der Waals surface area contributed by atoms with Crippen LogP contribution in [0, 0.1) is 5.82 Å². The Labute approximate surface area is 115 Å². The average Bonchev–Trinajstić information content (AvgIpc) is 3.06. The monoisotopic (exact) mass is 277 g/mol. The topological polar surface area (TPSA) is 69.3 Å². The summed E-state index contributed by atoms with van der Waals surface area (Å²) in [6.07, 6.45) is 2.80. The normalized spacial score (nSPS) is 22.3. The van der Waals surface area contributed by atoms with Gasteiger partial charge in [-0.3, -0.25) is 10.2 Å². The predicted molar refractivity (Wildman–Crippen MR) is 72.1 cm³/mol. The first-order chi connectivity index (χ1) is 9.67. The molecule has 6 heteroatoms. The van der Waals surface area contributed by atoms with Crippen molar-refractivity contribution in [2.24, 2.45) is 5.84 Å². The standard InChI is InChI=1S/C14H16FN3O2/c15-10-2-1-9-5-6-18(12(9)7-10)8-11-3-4-13(20-11)14(19)17-16/h1-2,5-7,11,13H,3-4,8,16H2,(H,17,19). The van der Waals surface area contributed by atoms with Crippen LogP contribution in [-0.2, 0) is 16.1 Å². The second-order valence-corrected chi connectivity index (χ2v) is 5.00. The molecule has 2 unspecified atom stereocenters. The molecule has 1 aromatic heterocycles. The van der Waals surface area contributed by atoms with E-state index in [2.05, 4.69) is 5.43 Å². The molecule has 5 nitrogen and oxygen atoms in total. The Morgan fingerprint density at radius 1 is 1.45 bits per heavy atom. The third-order valence-corrected chi connectivity index (χ3v) is 3.68. The SMILES string of the molecule is NNC(=O)C1CCC(Cn2ccc3ccc(F)cc32)O1. The van der Waals surface area contributed by atoms with Gasteiger partial charge in [0.25, 0.3) is 5.91 Å². The number of nitrogens with two attached hydrogens (primary N) is 1. The molecule has 20 heavy (non-hydrogen) atoms. The number of rotatable bonds is 3. The number of carbonyl (C=O) groups excluding carboxylic acids is 1. The molecule has 1 aromatic carbocycles. The van der Waals surface area contributed by atoms with Gasteiger partial charge in [-0.25, -0.2) is 10.2 Å². The molecule has 1 aliphatic rings. The van der Waals surface area contributed by atoms with Crippen molar-refractivity contribution >= 4 is 16.8 Å². The number of nitrogens with one attached hydrogen (secondary N) is 1. The van der Waals surface area contributed by atoms with Gasteiger partial charge in [0.2, 0.25) is 0 Å². The minimum atomic E-state index is -0.483. The lowest BCUT2D eigenvalue weighted by molar-refractivity contribution is -0.132. The van der Waals surface area contributed by atoms with Crippen molar-refractivity contribution in [2.75, 3.05) is 0 Å². The molecular weight excluding hydrogens is 261 g/mol. The quantitative estimate of drug-likeness (QED) is 0.505. The van der Waals surface area contributed by atoms with Gasteiger partial charge in [0.05, 0.1) is 11.6 Å². The number of nitrogens with zero attached hydrogens (tertiary/aromatic N) is 1. The molecule has 2 atom stereocenters. The summed E-state index contributed by atoms with van der Waals surface area (Å²) in [4.78, 5) is 11.4. The molecule has 3 N–H and O–H groups in total. The van der Waals surface area contributed by atoms with Crippen LogP contribution in [0.3, 0.4) is 0 Å². The van der Waals surface area contributed by atoms with Gasteiger partial charge in [-0.05, 0) is 42.5 Å². The highest BCUT2D eigenvalue weighted by atomic mass is 19.1. The van der Waals surface area contributed by atoms with Crippen molar-refractivity contribution < 1.29 is 13.9 Å². The van der Waals surface area contributed by atoms with Crippen molar-refractivity contribution in [2.45, 2.75) is 31.6 Å². The summed E-state index contributed by atoms with van der Waals surface area (Å²) in [6, 6.07) is 6.64. The summed E-state index contributed by atoms with van der Waals surface area (Å²) in [5.41, 5.74) is 2.94.